The first-order valence-corrected chi connectivity index (χ1v) is 10.8. The summed E-state index contributed by atoms with van der Waals surface area (Å²) in [6.07, 6.45) is 1.56. The van der Waals surface area contributed by atoms with E-state index in [-0.39, 0.29) is 24.7 Å². The fourth-order valence-electron chi connectivity index (χ4n) is 2.53. The molecule has 0 N–H and O–H groups in total. The monoisotopic (exact) mass is 632 g/mol. The quantitative estimate of drug-likeness (QED) is 0.131. The molecule has 0 fully saturated rings. The lowest BCUT2D eigenvalue weighted by Gasteiger charge is -2.12. The Morgan fingerprint density at radius 2 is 1.77 bits per heavy atom. The van der Waals surface area contributed by atoms with Gasteiger partial charge in [-0.05, 0) is 74.5 Å². The third-order valence-corrected chi connectivity index (χ3v) is 5.58. The smallest absolute Gasteiger partial charge is 0.269 e. The van der Waals surface area contributed by atoms with Crippen molar-refractivity contribution in [3.05, 3.63) is 100 Å². The van der Waals surface area contributed by atoms with Gasteiger partial charge in [-0.15, -0.1) is 0 Å². The molecule has 0 amide bonds. The fourth-order valence-corrected chi connectivity index (χ4v) is 4.65. The maximum absolute atomic E-state index is 13.8. The average Bonchev–Trinajstić information content (AvgIpc) is 2.72. The van der Waals surface area contributed by atoms with Crippen LogP contribution < -0.4 is 4.74 Å². The van der Waals surface area contributed by atoms with Gasteiger partial charge in [-0.1, -0.05) is 35.5 Å². The summed E-state index contributed by atoms with van der Waals surface area (Å²) in [6.45, 7) is 0.259. The lowest BCUT2D eigenvalue weighted by molar-refractivity contribution is -0.384. The van der Waals surface area contributed by atoms with Gasteiger partial charge < -0.3 is 9.57 Å². The predicted molar refractivity (Wildman–Crippen MR) is 128 cm³/mol. The van der Waals surface area contributed by atoms with Crippen LogP contribution in [0.3, 0.4) is 0 Å². The Kier molecular flexibility index (Phi) is 7.96. The predicted octanol–water partition coefficient (Wildman–Crippen LogP) is 6.07. The molecule has 9 heteroatoms. The van der Waals surface area contributed by atoms with Crippen LogP contribution in [0.4, 0.5) is 10.1 Å². The fraction of sp³-hybridized carbons (Fsp3) is 0.0952. The molecule has 0 aromatic heterocycles. The van der Waals surface area contributed by atoms with Crippen LogP contribution in [-0.2, 0) is 18.1 Å². The molecule has 3 aromatic carbocycles. The highest BCUT2D eigenvalue weighted by Crippen LogP contribution is 2.29. The summed E-state index contributed by atoms with van der Waals surface area (Å²) in [5.41, 5.74) is 1.96. The van der Waals surface area contributed by atoms with Crippen molar-refractivity contribution < 1.29 is 18.9 Å². The van der Waals surface area contributed by atoms with Crippen LogP contribution >= 0.6 is 45.2 Å². The molecule has 3 aromatic rings. The van der Waals surface area contributed by atoms with E-state index in [1.165, 1.54) is 18.2 Å². The number of benzene rings is 3. The van der Waals surface area contributed by atoms with E-state index in [0.717, 1.165) is 12.7 Å². The molecule has 0 bridgehead atoms. The van der Waals surface area contributed by atoms with Crippen molar-refractivity contribution in [2.45, 2.75) is 13.2 Å². The summed E-state index contributed by atoms with van der Waals surface area (Å²) >= 11 is 4.31. The maximum Gasteiger partial charge on any atom is 0.269 e. The molecule has 0 unspecified atom stereocenters. The van der Waals surface area contributed by atoms with Crippen molar-refractivity contribution in [2.24, 2.45) is 5.16 Å². The van der Waals surface area contributed by atoms with Crippen LogP contribution in [0.15, 0.2) is 65.8 Å². The highest BCUT2D eigenvalue weighted by atomic mass is 127. The minimum absolute atomic E-state index is 0.00941. The van der Waals surface area contributed by atoms with Crippen LogP contribution in [0.5, 0.6) is 5.75 Å². The lowest BCUT2D eigenvalue weighted by atomic mass is 10.2. The Balaban J connectivity index is 1.61. The number of ether oxygens (including phenoxy) is 1. The summed E-state index contributed by atoms with van der Waals surface area (Å²) in [5, 5.41) is 14.7. The number of nitro benzene ring substituents is 1. The van der Waals surface area contributed by atoms with Crippen molar-refractivity contribution in [1.82, 2.24) is 0 Å². The number of halogens is 3. The second-order valence-electron chi connectivity index (χ2n) is 6.13. The normalized spacial score (nSPS) is 10.9. The molecule has 0 aliphatic rings. The Morgan fingerprint density at radius 3 is 2.47 bits per heavy atom. The number of hydrogen-bond donors (Lipinski definition) is 0. The van der Waals surface area contributed by atoms with Crippen LogP contribution in [0.2, 0.25) is 0 Å². The van der Waals surface area contributed by atoms with Gasteiger partial charge in [0.1, 0.15) is 24.8 Å². The highest BCUT2D eigenvalue weighted by Gasteiger charge is 2.10. The number of oxime groups is 1. The van der Waals surface area contributed by atoms with Crippen LogP contribution in [0, 0.1) is 23.1 Å². The molecule has 0 aliphatic carbocycles. The van der Waals surface area contributed by atoms with Crippen molar-refractivity contribution in [3.63, 3.8) is 0 Å². The Morgan fingerprint density at radius 1 is 1.03 bits per heavy atom. The zero-order valence-electron chi connectivity index (χ0n) is 15.4. The third kappa shape index (κ3) is 6.11. The highest BCUT2D eigenvalue weighted by molar-refractivity contribution is 14.1. The topological polar surface area (TPSA) is 74.0 Å². The molecular weight excluding hydrogens is 617 g/mol. The standard InChI is InChI=1S/C21H15FI2N2O4/c22-18-7-2-1-5-16(18)13-29-21-19(23)9-15(10-20(21)24)11-25-30-12-14-4-3-6-17(8-14)26(27)28/h1-11H,12-13H2/b25-11-. The lowest BCUT2D eigenvalue weighted by Crippen LogP contribution is -2.02. The van der Waals surface area contributed by atoms with E-state index >= 15 is 0 Å². The Hall–Kier alpha value is -2.28. The van der Waals surface area contributed by atoms with E-state index in [2.05, 4.69) is 50.3 Å². The molecule has 0 saturated carbocycles. The SMILES string of the molecule is O=[N+]([O-])c1cccc(CO/N=C\c2cc(I)c(OCc3ccccc3F)c(I)c2)c1. The molecule has 0 atom stereocenters. The summed E-state index contributed by atoms with van der Waals surface area (Å²) in [6, 6.07) is 16.5. The molecule has 6 nitrogen and oxygen atoms in total. The number of nitrogens with zero attached hydrogens (tertiary/aromatic N) is 2. The zero-order chi connectivity index (χ0) is 21.5. The number of nitro groups is 1. The summed E-state index contributed by atoms with van der Waals surface area (Å²) < 4.78 is 21.3. The van der Waals surface area contributed by atoms with Crippen LogP contribution in [0.1, 0.15) is 16.7 Å². The van der Waals surface area contributed by atoms with E-state index in [1.807, 2.05) is 12.1 Å². The van der Waals surface area contributed by atoms with E-state index in [1.54, 1.807) is 36.5 Å². The Labute approximate surface area is 199 Å². The first kappa shape index (κ1) is 22.4. The molecule has 0 radical (unpaired) electrons. The van der Waals surface area contributed by atoms with Crippen LogP contribution in [-0.4, -0.2) is 11.1 Å². The van der Waals surface area contributed by atoms with E-state index in [9.17, 15) is 14.5 Å². The van der Waals surface area contributed by atoms with Gasteiger partial charge in [0.2, 0.25) is 0 Å². The van der Waals surface area contributed by atoms with E-state index in [0.29, 0.717) is 16.9 Å². The second kappa shape index (κ2) is 10.7. The van der Waals surface area contributed by atoms with Gasteiger partial charge in [-0.25, -0.2) is 4.39 Å². The molecule has 3 rings (SSSR count). The van der Waals surface area contributed by atoms with Gasteiger partial charge in [0.15, 0.2) is 0 Å². The minimum Gasteiger partial charge on any atom is -0.487 e. The van der Waals surface area contributed by atoms with Gasteiger partial charge in [-0.3, -0.25) is 10.1 Å². The molecule has 30 heavy (non-hydrogen) atoms. The van der Waals surface area contributed by atoms with Gasteiger partial charge >= 0.3 is 0 Å². The molecular formula is C21H15FI2N2O4. The van der Waals surface area contributed by atoms with E-state index in [4.69, 9.17) is 9.57 Å². The number of rotatable bonds is 8. The molecule has 0 heterocycles. The first-order valence-electron chi connectivity index (χ1n) is 8.68. The van der Waals surface area contributed by atoms with Gasteiger partial charge in [-0.2, -0.15) is 0 Å². The van der Waals surface area contributed by atoms with Crippen molar-refractivity contribution >= 4 is 57.1 Å². The molecule has 0 saturated heterocycles. The van der Waals surface area contributed by atoms with Crippen LogP contribution in [0.25, 0.3) is 0 Å². The summed E-state index contributed by atoms with van der Waals surface area (Å²) in [7, 11) is 0. The molecule has 0 spiro atoms. The van der Waals surface area contributed by atoms with Gasteiger partial charge in [0.25, 0.3) is 5.69 Å². The van der Waals surface area contributed by atoms with Crippen molar-refractivity contribution in [2.75, 3.05) is 0 Å². The number of non-ortho nitro benzene ring substituents is 1. The largest absolute Gasteiger partial charge is 0.487 e. The van der Waals surface area contributed by atoms with Gasteiger partial charge in [0, 0.05) is 17.7 Å². The third-order valence-electron chi connectivity index (χ3n) is 3.98. The zero-order valence-corrected chi connectivity index (χ0v) is 19.7. The molecule has 0 aliphatic heterocycles. The minimum atomic E-state index is -0.452. The van der Waals surface area contributed by atoms with E-state index < -0.39 is 4.92 Å². The first-order chi connectivity index (χ1) is 14.4. The van der Waals surface area contributed by atoms with Crippen molar-refractivity contribution in [1.29, 1.82) is 0 Å². The average molecular weight is 632 g/mol. The maximum atomic E-state index is 13.8. The Bertz CT molecular complexity index is 1070. The second-order valence-corrected chi connectivity index (χ2v) is 8.45. The molecule has 154 valence electrons. The van der Waals surface area contributed by atoms with Crippen molar-refractivity contribution in [3.8, 4) is 5.75 Å². The number of hydrogen-bond acceptors (Lipinski definition) is 5. The van der Waals surface area contributed by atoms with Gasteiger partial charge in [0.05, 0.1) is 18.3 Å². The summed E-state index contributed by atoms with van der Waals surface area (Å²) in [4.78, 5) is 15.6. The summed E-state index contributed by atoms with van der Waals surface area (Å²) in [5.74, 6) is 0.376.